The maximum Gasteiger partial charge on any atom is 0.252 e. The fourth-order valence-electron chi connectivity index (χ4n) is 1.49. The first kappa shape index (κ1) is 10.5. The largest absolute Gasteiger partial charge is 0.347 e. The number of rotatable bonds is 3. The van der Waals surface area contributed by atoms with Crippen LogP contribution in [0.15, 0.2) is 29.2 Å². The molecule has 1 aromatic rings. The van der Waals surface area contributed by atoms with Crippen molar-refractivity contribution in [1.82, 2.24) is 10.6 Å². The van der Waals surface area contributed by atoms with Crippen molar-refractivity contribution in [2.45, 2.75) is 10.9 Å². The predicted octanol–water partition coefficient (Wildman–Crippen LogP) is 1.11. The van der Waals surface area contributed by atoms with Crippen LogP contribution in [0.4, 0.5) is 0 Å². The highest BCUT2D eigenvalue weighted by atomic mass is 32.2. The van der Waals surface area contributed by atoms with E-state index in [1.54, 1.807) is 11.8 Å². The molecule has 0 radical (unpaired) electrons. The van der Waals surface area contributed by atoms with Gasteiger partial charge in [0.25, 0.3) is 5.91 Å². The molecule has 0 unspecified atom stereocenters. The third-order valence-corrected chi connectivity index (χ3v) is 3.26. The van der Waals surface area contributed by atoms with E-state index in [0.29, 0.717) is 6.04 Å². The van der Waals surface area contributed by atoms with E-state index < -0.39 is 0 Å². The van der Waals surface area contributed by atoms with Gasteiger partial charge < -0.3 is 10.6 Å². The minimum Gasteiger partial charge on any atom is -0.347 e. The highest BCUT2D eigenvalue weighted by Crippen LogP contribution is 2.19. The quantitative estimate of drug-likeness (QED) is 0.753. The molecule has 1 heterocycles. The van der Waals surface area contributed by atoms with Crippen molar-refractivity contribution in [2.24, 2.45) is 0 Å². The van der Waals surface area contributed by atoms with E-state index >= 15 is 0 Å². The second-order valence-electron chi connectivity index (χ2n) is 3.53. The zero-order valence-electron chi connectivity index (χ0n) is 8.62. The summed E-state index contributed by atoms with van der Waals surface area (Å²) in [5.74, 6) is 0.0338. The molecule has 1 saturated heterocycles. The van der Waals surface area contributed by atoms with Gasteiger partial charge in [0, 0.05) is 18.0 Å². The lowest BCUT2D eigenvalue weighted by atomic mass is 10.1. The van der Waals surface area contributed by atoms with Crippen molar-refractivity contribution >= 4 is 17.7 Å². The van der Waals surface area contributed by atoms with Crippen LogP contribution < -0.4 is 10.6 Å². The molecule has 4 heteroatoms. The Morgan fingerprint density at radius 1 is 1.47 bits per heavy atom. The van der Waals surface area contributed by atoms with Crippen molar-refractivity contribution in [3.8, 4) is 0 Å². The van der Waals surface area contributed by atoms with Crippen LogP contribution in [0.2, 0.25) is 0 Å². The van der Waals surface area contributed by atoms with Gasteiger partial charge in [-0.25, -0.2) is 0 Å². The Morgan fingerprint density at radius 3 is 2.80 bits per heavy atom. The van der Waals surface area contributed by atoms with Gasteiger partial charge in [-0.05, 0) is 18.4 Å². The average Bonchev–Trinajstić information content (AvgIpc) is 2.23. The molecule has 0 aromatic heterocycles. The lowest BCUT2D eigenvalue weighted by molar-refractivity contribution is 0.0921. The van der Waals surface area contributed by atoms with Crippen LogP contribution in [0.1, 0.15) is 10.4 Å². The minimum absolute atomic E-state index is 0.0338. The van der Waals surface area contributed by atoms with Gasteiger partial charge in [0.15, 0.2) is 0 Å². The average molecular weight is 222 g/mol. The number of amides is 1. The summed E-state index contributed by atoms with van der Waals surface area (Å²) in [6.07, 6.45) is 1.98. The van der Waals surface area contributed by atoms with E-state index in [4.69, 9.17) is 0 Å². The molecular formula is C11H14N2OS. The number of benzene rings is 1. The summed E-state index contributed by atoms with van der Waals surface area (Å²) < 4.78 is 0. The van der Waals surface area contributed by atoms with E-state index in [1.807, 2.05) is 30.5 Å². The summed E-state index contributed by atoms with van der Waals surface area (Å²) in [5, 5.41) is 6.12. The predicted molar refractivity (Wildman–Crippen MR) is 62.3 cm³/mol. The van der Waals surface area contributed by atoms with Crippen molar-refractivity contribution in [1.29, 1.82) is 0 Å². The van der Waals surface area contributed by atoms with Crippen LogP contribution in [0.3, 0.4) is 0 Å². The minimum atomic E-state index is 0.0338. The van der Waals surface area contributed by atoms with E-state index in [2.05, 4.69) is 10.6 Å². The Kier molecular flexibility index (Phi) is 3.28. The number of hydrogen-bond donors (Lipinski definition) is 2. The Balaban J connectivity index is 2.09. The molecule has 3 nitrogen and oxygen atoms in total. The fraction of sp³-hybridized carbons (Fsp3) is 0.364. The first-order chi connectivity index (χ1) is 7.31. The standard InChI is InChI=1S/C11H14N2OS/c1-15-10-5-3-2-4-9(10)11(14)13-8-6-12-7-8/h2-5,8,12H,6-7H2,1H3,(H,13,14). The Labute approximate surface area is 93.6 Å². The monoisotopic (exact) mass is 222 g/mol. The number of hydrogen-bond acceptors (Lipinski definition) is 3. The van der Waals surface area contributed by atoms with Crippen LogP contribution in [-0.4, -0.2) is 31.3 Å². The SMILES string of the molecule is CSc1ccccc1C(=O)NC1CNC1. The Hall–Kier alpha value is -1.00. The van der Waals surface area contributed by atoms with Crippen molar-refractivity contribution < 1.29 is 4.79 Å². The third kappa shape index (κ3) is 2.33. The summed E-state index contributed by atoms with van der Waals surface area (Å²) in [5.41, 5.74) is 0.775. The zero-order valence-corrected chi connectivity index (χ0v) is 9.43. The number of carbonyl (C=O) groups is 1. The van der Waals surface area contributed by atoms with E-state index in [-0.39, 0.29) is 5.91 Å². The smallest absolute Gasteiger partial charge is 0.252 e. The number of nitrogens with one attached hydrogen (secondary N) is 2. The number of thioether (sulfide) groups is 1. The molecule has 1 fully saturated rings. The Bertz CT molecular complexity index is 363. The second kappa shape index (κ2) is 4.68. The molecule has 80 valence electrons. The van der Waals surface area contributed by atoms with Crippen molar-refractivity contribution in [3.63, 3.8) is 0 Å². The summed E-state index contributed by atoms with van der Waals surface area (Å²) in [6.45, 7) is 1.76. The highest BCUT2D eigenvalue weighted by Gasteiger charge is 2.20. The van der Waals surface area contributed by atoms with Crippen LogP contribution >= 0.6 is 11.8 Å². The molecule has 0 aliphatic carbocycles. The summed E-state index contributed by atoms with van der Waals surface area (Å²) >= 11 is 1.60. The fourth-order valence-corrected chi connectivity index (χ4v) is 2.08. The second-order valence-corrected chi connectivity index (χ2v) is 4.38. The van der Waals surface area contributed by atoms with Crippen LogP contribution in [0, 0.1) is 0 Å². The molecule has 0 spiro atoms. The maximum absolute atomic E-state index is 11.9. The molecule has 1 aliphatic rings. The van der Waals surface area contributed by atoms with Gasteiger partial charge in [-0.15, -0.1) is 11.8 Å². The van der Waals surface area contributed by atoms with E-state index in [9.17, 15) is 4.79 Å². The van der Waals surface area contributed by atoms with Crippen LogP contribution in [-0.2, 0) is 0 Å². The van der Waals surface area contributed by atoms with Gasteiger partial charge in [0.1, 0.15) is 0 Å². The molecule has 2 rings (SSSR count). The molecule has 15 heavy (non-hydrogen) atoms. The zero-order chi connectivity index (χ0) is 10.7. The molecule has 2 N–H and O–H groups in total. The molecule has 0 saturated carbocycles. The summed E-state index contributed by atoms with van der Waals surface area (Å²) in [7, 11) is 0. The van der Waals surface area contributed by atoms with Gasteiger partial charge in [-0.3, -0.25) is 4.79 Å². The molecular weight excluding hydrogens is 208 g/mol. The number of carbonyl (C=O) groups excluding carboxylic acids is 1. The summed E-state index contributed by atoms with van der Waals surface area (Å²) in [6, 6.07) is 7.99. The first-order valence-corrected chi connectivity index (χ1v) is 6.18. The van der Waals surface area contributed by atoms with E-state index in [0.717, 1.165) is 23.5 Å². The van der Waals surface area contributed by atoms with Gasteiger partial charge in [0.2, 0.25) is 0 Å². The van der Waals surface area contributed by atoms with Crippen LogP contribution in [0.25, 0.3) is 0 Å². The third-order valence-electron chi connectivity index (χ3n) is 2.47. The van der Waals surface area contributed by atoms with Gasteiger partial charge >= 0.3 is 0 Å². The van der Waals surface area contributed by atoms with Gasteiger partial charge in [-0.1, -0.05) is 12.1 Å². The first-order valence-electron chi connectivity index (χ1n) is 4.96. The topological polar surface area (TPSA) is 41.1 Å². The molecule has 1 amide bonds. The normalized spacial score (nSPS) is 15.8. The highest BCUT2D eigenvalue weighted by molar-refractivity contribution is 7.98. The summed E-state index contributed by atoms with van der Waals surface area (Å²) in [4.78, 5) is 12.9. The molecule has 1 aromatic carbocycles. The van der Waals surface area contributed by atoms with Crippen molar-refractivity contribution in [3.05, 3.63) is 29.8 Å². The molecule has 1 aliphatic heterocycles. The Morgan fingerprint density at radius 2 is 2.20 bits per heavy atom. The lowest BCUT2D eigenvalue weighted by Gasteiger charge is -2.28. The van der Waals surface area contributed by atoms with Crippen molar-refractivity contribution in [2.75, 3.05) is 19.3 Å². The molecule has 0 atom stereocenters. The molecule has 0 bridgehead atoms. The lowest BCUT2D eigenvalue weighted by Crippen LogP contribution is -2.56. The van der Waals surface area contributed by atoms with E-state index in [1.165, 1.54) is 0 Å². The van der Waals surface area contributed by atoms with Gasteiger partial charge in [0.05, 0.1) is 11.6 Å². The van der Waals surface area contributed by atoms with Gasteiger partial charge in [-0.2, -0.15) is 0 Å². The van der Waals surface area contributed by atoms with Crippen LogP contribution in [0.5, 0.6) is 0 Å². The maximum atomic E-state index is 11.9.